The molecule has 0 atom stereocenters. The molecule has 0 unspecified atom stereocenters. The Balaban J connectivity index is 2.80. The Hall–Kier alpha value is -0.870. The Morgan fingerprint density at radius 3 is 2.92 bits per heavy atom. The topological polar surface area (TPSA) is 46.2 Å². The van der Waals surface area contributed by atoms with Crippen LogP contribution in [0.25, 0.3) is 10.1 Å². The van der Waals surface area contributed by atoms with Crippen LogP contribution in [0.3, 0.4) is 0 Å². The molecule has 0 bridgehead atoms. The molecule has 0 fully saturated rings. The Morgan fingerprint density at radius 2 is 2.23 bits per heavy atom. The molecule has 0 radical (unpaired) electrons. The summed E-state index contributed by atoms with van der Waals surface area (Å²) in [6.07, 6.45) is 1.99. The number of benzene rings is 1. The lowest BCUT2D eigenvalue weighted by Gasteiger charge is -1.95. The van der Waals surface area contributed by atoms with Crippen molar-refractivity contribution in [3.05, 3.63) is 18.2 Å². The lowest BCUT2D eigenvalue weighted by molar-refractivity contribution is 0.476. The maximum absolute atomic E-state index is 9.31. The van der Waals surface area contributed by atoms with Crippen molar-refractivity contribution in [3.63, 3.8) is 0 Å². The molecule has 0 amide bonds. The zero-order valence-electron chi connectivity index (χ0n) is 7.07. The Bertz CT molecular complexity index is 450. The average molecular weight is 211 g/mol. The van der Waals surface area contributed by atoms with Gasteiger partial charge in [-0.2, -0.15) is 0 Å². The zero-order chi connectivity index (χ0) is 9.42. The largest absolute Gasteiger partial charge is 0.508 e. The normalized spacial score (nSPS) is 10.8. The molecule has 1 aromatic carbocycles. The van der Waals surface area contributed by atoms with Crippen LogP contribution < -0.4 is 5.73 Å². The molecule has 2 nitrogen and oxygen atoms in total. The van der Waals surface area contributed by atoms with E-state index >= 15 is 0 Å². The summed E-state index contributed by atoms with van der Waals surface area (Å²) in [6, 6.07) is 5.34. The highest BCUT2D eigenvalue weighted by atomic mass is 32.2. The fourth-order valence-corrected chi connectivity index (χ4v) is 3.17. The highest BCUT2D eigenvalue weighted by Gasteiger charge is 2.08. The Morgan fingerprint density at radius 1 is 1.46 bits per heavy atom. The predicted octanol–water partition coefficient (Wildman–Crippen LogP) is 2.91. The molecule has 2 aromatic rings. The summed E-state index contributed by atoms with van der Waals surface area (Å²) in [5.41, 5.74) is 5.83. The molecule has 1 heterocycles. The first-order chi connectivity index (χ1) is 6.22. The predicted molar refractivity (Wildman–Crippen MR) is 59.7 cm³/mol. The van der Waals surface area contributed by atoms with Crippen molar-refractivity contribution >= 4 is 38.2 Å². The third-order valence-corrected chi connectivity index (χ3v) is 3.83. The molecule has 0 aliphatic rings. The number of hydrogen-bond acceptors (Lipinski definition) is 4. The van der Waals surface area contributed by atoms with Gasteiger partial charge in [-0.1, -0.05) is 0 Å². The quantitative estimate of drug-likeness (QED) is 0.713. The average Bonchev–Trinajstić information content (AvgIpc) is 2.40. The van der Waals surface area contributed by atoms with E-state index < -0.39 is 0 Å². The van der Waals surface area contributed by atoms with Crippen molar-refractivity contribution in [2.75, 3.05) is 12.0 Å². The van der Waals surface area contributed by atoms with E-state index in [9.17, 15) is 5.11 Å². The molecule has 0 aliphatic carbocycles. The van der Waals surface area contributed by atoms with Crippen molar-refractivity contribution in [2.45, 2.75) is 4.90 Å². The Kier molecular flexibility index (Phi) is 2.09. The number of rotatable bonds is 1. The van der Waals surface area contributed by atoms with Crippen LogP contribution in [0.2, 0.25) is 0 Å². The van der Waals surface area contributed by atoms with Crippen molar-refractivity contribution < 1.29 is 5.11 Å². The van der Waals surface area contributed by atoms with Crippen LogP contribution in [0.1, 0.15) is 0 Å². The van der Waals surface area contributed by atoms with E-state index in [-0.39, 0.29) is 0 Å². The first kappa shape index (κ1) is 8.72. The van der Waals surface area contributed by atoms with E-state index in [1.807, 2.05) is 12.3 Å². The number of thiophene rings is 1. The van der Waals surface area contributed by atoms with Crippen LogP contribution in [0, 0.1) is 0 Å². The summed E-state index contributed by atoms with van der Waals surface area (Å²) in [5.74, 6) is 0.292. The minimum Gasteiger partial charge on any atom is -0.508 e. The maximum Gasteiger partial charge on any atom is 0.116 e. The third-order valence-electron chi connectivity index (χ3n) is 1.86. The van der Waals surface area contributed by atoms with Crippen molar-refractivity contribution in [2.24, 2.45) is 0 Å². The first-order valence-corrected chi connectivity index (χ1v) is 5.81. The second kappa shape index (κ2) is 3.12. The molecule has 4 heteroatoms. The minimum absolute atomic E-state index is 0.292. The number of phenolic OH excluding ortho intramolecular Hbond substituents is 1. The lowest BCUT2D eigenvalue weighted by Crippen LogP contribution is -1.79. The standard InChI is InChI=1S/C9H9NOS2/c1-12-8-6-4-5(11)2-3-7(6)13-9(8)10/h2-4,11H,10H2,1H3. The lowest BCUT2D eigenvalue weighted by atomic mass is 10.2. The number of aromatic hydroxyl groups is 1. The molecule has 3 N–H and O–H groups in total. The summed E-state index contributed by atoms with van der Waals surface area (Å²) in [4.78, 5) is 1.07. The van der Waals surface area contributed by atoms with E-state index in [2.05, 4.69) is 0 Å². The highest BCUT2D eigenvalue weighted by molar-refractivity contribution is 7.99. The number of phenols is 1. The molecule has 68 valence electrons. The van der Waals surface area contributed by atoms with E-state index in [0.29, 0.717) is 5.75 Å². The van der Waals surface area contributed by atoms with Gasteiger partial charge < -0.3 is 10.8 Å². The summed E-state index contributed by atoms with van der Waals surface area (Å²) in [7, 11) is 0. The molecule has 0 saturated heterocycles. The van der Waals surface area contributed by atoms with Crippen molar-refractivity contribution in [1.82, 2.24) is 0 Å². The number of nitrogen functional groups attached to an aromatic ring is 1. The van der Waals surface area contributed by atoms with Crippen molar-refractivity contribution in [3.8, 4) is 5.75 Å². The number of nitrogens with two attached hydrogens (primary N) is 1. The van der Waals surface area contributed by atoms with E-state index in [0.717, 1.165) is 20.0 Å². The SMILES string of the molecule is CSc1c(N)sc2ccc(O)cc12. The summed E-state index contributed by atoms with van der Waals surface area (Å²) in [6.45, 7) is 0. The van der Waals surface area contributed by atoms with Gasteiger partial charge in [-0.25, -0.2) is 0 Å². The fraction of sp³-hybridized carbons (Fsp3) is 0.111. The molecule has 1 aromatic heterocycles. The number of fused-ring (bicyclic) bond motifs is 1. The van der Waals surface area contributed by atoms with E-state index in [4.69, 9.17) is 5.73 Å². The number of hydrogen-bond donors (Lipinski definition) is 2. The van der Waals surface area contributed by atoms with Crippen LogP contribution in [0.4, 0.5) is 5.00 Å². The molecular weight excluding hydrogens is 202 g/mol. The smallest absolute Gasteiger partial charge is 0.116 e. The Labute approximate surface area is 84.4 Å². The van der Waals surface area contributed by atoms with Gasteiger partial charge in [0.2, 0.25) is 0 Å². The molecule has 2 rings (SSSR count). The molecule has 0 saturated carbocycles. The zero-order valence-corrected chi connectivity index (χ0v) is 8.71. The molecule has 13 heavy (non-hydrogen) atoms. The van der Waals surface area contributed by atoms with Crippen LogP contribution in [-0.4, -0.2) is 11.4 Å². The van der Waals surface area contributed by atoms with Crippen LogP contribution >= 0.6 is 23.1 Å². The van der Waals surface area contributed by atoms with Gasteiger partial charge in [0.25, 0.3) is 0 Å². The summed E-state index contributed by atoms with van der Waals surface area (Å²) in [5, 5.41) is 11.2. The number of anilines is 1. The highest BCUT2D eigenvalue weighted by Crippen LogP contribution is 2.40. The van der Waals surface area contributed by atoms with Crippen LogP contribution in [0.5, 0.6) is 5.75 Å². The second-order valence-electron chi connectivity index (χ2n) is 2.68. The summed E-state index contributed by atoms with van der Waals surface area (Å²) < 4.78 is 1.12. The van der Waals surface area contributed by atoms with Gasteiger partial charge in [-0.15, -0.1) is 23.1 Å². The number of thioether (sulfide) groups is 1. The van der Waals surface area contributed by atoms with Gasteiger partial charge in [0.1, 0.15) is 10.8 Å². The van der Waals surface area contributed by atoms with Gasteiger partial charge >= 0.3 is 0 Å². The minimum atomic E-state index is 0.292. The molecule has 0 aliphatic heterocycles. The van der Waals surface area contributed by atoms with E-state index in [1.54, 1.807) is 35.2 Å². The third kappa shape index (κ3) is 1.36. The van der Waals surface area contributed by atoms with Gasteiger partial charge in [0, 0.05) is 15.0 Å². The monoisotopic (exact) mass is 211 g/mol. The second-order valence-corrected chi connectivity index (χ2v) is 4.58. The van der Waals surface area contributed by atoms with Crippen LogP contribution in [0.15, 0.2) is 23.1 Å². The molecular formula is C9H9NOS2. The van der Waals surface area contributed by atoms with Gasteiger partial charge in [0.15, 0.2) is 0 Å². The van der Waals surface area contributed by atoms with Gasteiger partial charge in [-0.05, 0) is 24.5 Å². The van der Waals surface area contributed by atoms with Crippen molar-refractivity contribution in [1.29, 1.82) is 0 Å². The van der Waals surface area contributed by atoms with Crippen LogP contribution in [-0.2, 0) is 0 Å². The maximum atomic E-state index is 9.31. The molecule has 0 spiro atoms. The van der Waals surface area contributed by atoms with E-state index in [1.165, 1.54) is 0 Å². The first-order valence-electron chi connectivity index (χ1n) is 3.77. The van der Waals surface area contributed by atoms with Gasteiger partial charge in [-0.3, -0.25) is 0 Å². The summed E-state index contributed by atoms with van der Waals surface area (Å²) >= 11 is 3.17. The van der Waals surface area contributed by atoms with Gasteiger partial charge in [0.05, 0.1) is 0 Å². The fourth-order valence-electron chi connectivity index (χ4n) is 1.29.